The molecule has 0 fully saturated rings. The first-order chi connectivity index (χ1) is 17.7. The minimum absolute atomic E-state index is 0.746. The molecule has 3 aromatic heterocycles. The number of fused-ring (bicyclic) bond motifs is 8. The molecule has 4 aromatic rings. The highest BCUT2D eigenvalue weighted by molar-refractivity contribution is 5.94. The largest absolute Gasteiger partial charge is 0.399 e. The first kappa shape index (κ1) is 22.1. The Balaban J connectivity index is 1.64. The average Bonchev–Trinajstić information content (AvgIpc) is 3.68. The Morgan fingerprint density at radius 3 is 1.83 bits per heavy atom. The van der Waals surface area contributed by atoms with E-state index in [2.05, 4.69) is 89.7 Å². The lowest BCUT2D eigenvalue weighted by molar-refractivity contribution is 0.714. The van der Waals surface area contributed by atoms with Crippen LogP contribution in [0.4, 0.5) is 5.69 Å². The zero-order valence-corrected chi connectivity index (χ0v) is 20.4. The van der Waals surface area contributed by atoms with E-state index >= 15 is 0 Å². The normalized spacial score (nSPS) is 12.4. The molecule has 5 nitrogen and oxygen atoms in total. The Hall–Kier alpha value is -4.38. The Bertz CT molecular complexity index is 1550. The van der Waals surface area contributed by atoms with Gasteiger partial charge in [-0.25, -0.2) is 9.97 Å². The number of rotatable bonds is 5. The van der Waals surface area contributed by atoms with Crippen LogP contribution in [-0.2, 0) is 6.42 Å². The number of aromatic nitrogens is 4. The minimum Gasteiger partial charge on any atom is -0.399 e. The topological polar surface area (TPSA) is 83.4 Å². The van der Waals surface area contributed by atoms with Crippen molar-refractivity contribution >= 4 is 52.1 Å². The van der Waals surface area contributed by atoms with Gasteiger partial charge in [0.1, 0.15) is 0 Å². The van der Waals surface area contributed by atoms with Crippen molar-refractivity contribution in [2.75, 3.05) is 5.73 Å². The molecule has 0 saturated heterocycles. The van der Waals surface area contributed by atoms with Crippen LogP contribution in [0, 0.1) is 0 Å². The van der Waals surface area contributed by atoms with E-state index in [0.29, 0.717) is 0 Å². The molecule has 0 radical (unpaired) electrons. The van der Waals surface area contributed by atoms with E-state index in [4.69, 9.17) is 15.7 Å². The molecular formula is C31H29N5. The highest BCUT2D eigenvalue weighted by Gasteiger charge is 2.12. The van der Waals surface area contributed by atoms with Crippen LogP contribution >= 0.6 is 0 Å². The van der Waals surface area contributed by atoms with Crippen molar-refractivity contribution in [2.24, 2.45) is 0 Å². The Kier molecular flexibility index (Phi) is 5.74. The molecule has 0 atom stereocenters. The van der Waals surface area contributed by atoms with E-state index in [9.17, 15) is 0 Å². The number of nitrogen functional groups attached to an aromatic ring is 1. The Morgan fingerprint density at radius 2 is 1.28 bits per heavy atom. The van der Waals surface area contributed by atoms with Gasteiger partial charge in [0.15, 0.2) is 0 Å². The fraction of sp³-hybridized carbons (Fsp3) is 0.161. The van der Waals surface area contributed by atoms with Crippen LogP contribution in [-0.4, -0.2) is 19.9 Å². The third-order valence-electron chi connectivity index (χ3n) is 6.73. The molecular weight excluding hydrogens is 442 g/mol. The van der Waals surface area contributed by atoms with E-state index in [-0.39, 0.29) is 0 Å². The molecule has 0 amide bonds. The van der Waals surface area contributed by atoms with Crippen molar-refractivity contribution in [3.8, 4) is 11.1 Å². The number of H-pyrrole nitrogens is 2. The number of benzene rings is 1. The maximum Gasteiger partial charge on any atom is 0.0691 e. The fourth-order valence-electron chi connectivity index (χ4n) is 4.90. The number of aromatic amines is 2. The number of nitrogens with zero attached hydrogens (tertiary/aromatic N) is 2. The van der Waals surface area contributed by atoms with Gasteiger partial charge in [0, 0.05) is 38.9 Å². The lowest BCUT2D eigenvalue weighted by Crippen LogP contribution is -1.94. The summed E-state index contributed by atoms with van der Waals surface area (Å²) in [5, 5.41) is 0. The van der Waals surface area contributed by atoms with E-state index in [1.54, 1.807) is 0 Å². The van der Waals surface area contributed by atoms with Crippen LogP contribution in [0.1, 0.15) is 54.5 Å². The van der Waals surface area contributed by atoms with Gasteiger partial charge in [-0.1, -0.05) is 31.9 Å². The van der Waals surface area contributed by atoms with Crippen molar-refractivity contribution in [2.45, 2.75) is 32.6 Å². The quantitative estimate of drug-likeness (QED) is 0.178. The van der Waals surface area contributed by atoms with Crippen LogP contribution in [0.25, 0.3) is 57.5 Å². The van der Waals surface area contributed by atoms with Gasteiger partial charge < -0.3 is 15.7 Å². The number of hydrogen-bond donors (Lipinski definition) is 3. The van der Waals surface area contributed by atoms with Gasteiger partial charge in [-0.2, -0.15) is 0 Å². The predicted octanol–water partition coefficient (Wildman–Crippen LogP) is 7.64. The minimum atomic E-state index is 0.746. The maximum atomic E-state index is 5.97. The van der Waals surface area contributed by atoms with Crippen LogP contribution in [0.2, 0.25) is 0 Å². The lowest BCUT2D eigenvalue weighted by atomic mass is 10.0. The molecule has 8 bridgehead atoms. The molecule has 5 heteroatoms. The summed E-state index contributed by atoms with van der Waals surface area (Å²) in [4.78, 5) is 17.1. The van der Waals surface area contributed by atoms with E-state index in [0.717, 1.165) is 74.5 Å². The SMILES string of the molecule is CCCCCc1c2nc(cc3ccc([nH]3)c(-c3ccc(N)cc3)c3ccc(cc4nc1C=C4)[nH]3)C=C2. The first-order valence-electron chi connectivity index (χ1n) is 12.6. The summed E-state index contributed by atoms with van der Waals surface area (Å²) in [6, 6.07) is 20.6. The van der Waals surface area contributed by atoms with Gasteiger partial charge in [-0.3, -0.25) is 0 Å². The van der Waals surface area contributed by atoms with Gasteiger partial charge in [0.25, 0.3) is 0 Å². The summed E-state index contributed by atoms with van der Waals surface area (Å²) in [6.07, 6.45) is 12.9. The van der Waals surface area contributed by atoms with E-state index in [1.807, 2.05) is 12.1 Å². The molecule has 1 aromatic carbocycles. The molecule has 2 aliphatic heterocycles. The second-order valence-corrected chi connectivity index (χ2v) is 9.39. The van der Waals surface area contributed by atoms with Crippen molar-refractivity contribution in [3.05, 3.63) is 89.0 Å². The number of nitrogens with one attached hydrogen (secondary N) is 2. The first-order valence-corrected chi connectivity index (χ1v) is 12.6. The highest BCUT2D eigenvalue weighted by Crippen LogP contribution is 2.30. The van der Waals surface area contributed by atoms with Crippen LogP contribution in [0.5, 0.6) is 0 Å². The lowest BCUT2D eigenvalue weighted by Gasteiger charge is -2.04. The molecule has 0 spiro atoms. The molecule has 36 heavy (non-hydrogen) atoms. The summed E-state index contributed by atoms with van der Waals surface area (Å²) >= 11 is 0. The van der Waals surface area contributed by atoms with Crippen LogP contribution in [0.3, 0.4) is 0 Å². The monoisotopic (exact) mass is 471 g/mol. The maximum absolute atomic E-state index is 5.97. The standard InChI is InChI=1S/C31H29N5/c1-2-3-4-5-26-27-14-10-22(33-27)18-24-12-16-29(35-24)31(20-6-8-21(32)9-7-20)30-17-13-25(36-30)19-23-11-15-28(26)34-23/h6-19,35-36H,2-5,32H2,1H3. The van der Waals surface area contributed by atoms with E-state index < -0.39 is 0 Å². The number of unbranched alkanes of at least 4 members (excludes halogenated alkanes) is 2. The number of nitrogens with two attached hydrogens (primary N) is 1. The third kappa shape index (κ3) is 4.36. The Labute approximate surface area is 210 Å². The summed E-state index contributed by atoms with van der Waals surface area (Å²) in [6.45, 7) is 2.23. The molecule has 5 heterocycles. The number of hydrogen-bond acceptors (Lipinski definition) is 3. The summed E-state index contributed by atoms with van der Waals surface area (Å²) in [7, 11) is 0. The smallest absolute Gasteiger partial charge is 0.0691 e. The Morgan fingerprint density at radius 1 is 0.694 bits per heavy atom. The summed E-state index contributed by atoms with van der Waals surface area (Å²) in [5.41, 5.74) is 18.1. The van der Waals surface area contributed by atoms with Crippen molar-refractivity contribution in [1.82, 2.24) is 19.9 Å². The van der Waals surface area contributed by atoms with Crippen molar-refractivity contribution in [1.29, 1.82) is 0 Å². The van der Waals surface area contributed by atoms with E-state index in [1.165, 1.54) is 18.4 Å². The molecule has 4 N–H and O–H groups in total. The second kappa shape index (κ2) is 9.34. The zero-order valence-electron chi connectivity index (χ0n) is 20.4. The fourth-order valence-corrected chi connectivity index (χ4v) is 4.90. The van der Waals surface area contributed by atoms with Crippen molar-refractivity contribution in [3.63, 3.8) is 0 Å². The van der Waals surface area contributed by atoms with Crippen molar-refractivity contribution < 1.29 is 0 Å². The average molecular weight is 472 g/mol. The van der Waals surface area contributed by atoms with Gasteiger partial charge >= 0.3 is 0 Å². The molecule has 178 valence electrons. The highest BCUT2D eigenvalue weighted by atomic mass is 14.8. The molecule has 0 aliphatic carbocycles. The third-order valence-corrected chi connectivity index (χ3v) is 6.73. The second-order valence-electron chi connectivity index (χ2n) is 9.39. The van der Waals surface area contributed by atoms with Gasteiger partial charge in [0.05, 0.1) is 22.8 Å². The molecule has 6 rings (SSSR count). The zero-order chi connectivity index (χ0) is 24.5. The number of anilines is 1. The predicted molar refractivity (Wildman–Crippen MR) is 152 cm³/mol. The summed E-state index contributed by atoms with van der Waals surface area (Å²) < 4.78 is 0. The summed E-state index contributed by atoms with van der Waals surface area (Å²) in [5.74, 6) is 0. The van der Waals surface area contributed by atoms with Gasteiger partial charge in [-0.15, -0.1) is 0 Å². The van der Waals surface area contributed by atoms with Crippen LogP contribution < -0.4 is 5.73 Å². The van der Waals surface area contributed by atoms with Crippen LogP contribution in [0.15, 0.2) is 60.7 Å². The molecule has 2 aliphatic rings. The molecule has 0 saturated carbocycles. The molecule has 0 unspecified atom stereocenters. The van der Waals surface area contributed by atoms with Gasteiger partial charge in [0.2, 0.25) is 0 Å². The van der Waals surface area contributed by atoms with Gasteiger partial charge in [-0.05, 0) is 91.2 Å².